The molecule has 90 valence electrons. The van der Waals surface area contributed by atoms with Gasteiger partial charge in [-0.2, -0.15) is 13.2 Å². The van der Waals surface area contributed by atoms with Crippen LogP contribution < -0.4 is 5.32 Å². The van der Waals surface area contributed by atoms with E-state index in [2.05, 4.69) is 0 Å². The SMILES string of the molecule is Cc1ccc2cc(NC(=O)C(F)(F)F)sc2c1. The number of carbonyl (C=O) groups is 1. The van der Waals surface area contributed by atoms with Crippen molar-refractivity contribution in [3.05, 3.63) is 29.8 Å². The summed E-state index contributed by atoms with van der Waals surface area (Å²) >= 11 is 1.12. The molecule has 1 amide bonds. The lowest BCUT2D eigenvalue weighted by Gasteiger charge is -2.04. The largest absolute Gasteiger partial charge is 0.471 e. The van der Waals surface area contributed by atoms with Crippen molar-refractivity contribution < 1.29 is 18.0 Å². The van der Waals surface area contributed by atoms with E-state index in [1.54, 1.807) is 0 Å². The van der Waals surface area contributed by atoms with Gasteiger partial charge in [0.25, 0.3) is 0 Å². The Balaban J connectivity index is 2.29. The quantitative estimate of drug-likeness (QED) is 0.831. The molecule has 0 radical (unpaired) electrons. The van der Waals surface area contributed by atoms with Crippen LogP contribution in [0.5, 0.6) is 0 Å². The van der Waals surface area contributed by atoms with Crippen molar-refractivity contribution in [3.8, 4) is 0 Å². The lowest BCUT2D eigenvalue weighted by Crippen LogP contribution is -2.29. The number of alkyl halides is 3. The highest BCUT2D eigenvalue weighted by atomic mass is 32.1. The predicted molar refractivity (Wildman–Crippen MR) is 61.2 cm³/mol. The number of hydrogen-bond acceptors (Lipinski definition) is 2. The Bertz CT molecular complexity index is 574. The van der Waals surface area contributed by atoms with E-state index in [1.165, 1.54) is 6.07 Å². The number of rotatable bonds is 1. The zero-order valence-electron chi connectivity index (χ0n) is 8.76. The first-order valence-electron chi connectivity index (χ1n) is 4.74. The first kappa shape index (κ1) is 11.9. The number of fused-ring (bicyclic) bond motifs is 1. The molecule has 1 N–H and O–H groups in total. The molecule has 0 aliphatic heterocycles. The van der Waals surface area contributed by atoms with Crippen LogP contribution in [0.3, 0.4) is 0 Å². The third-order valence-electron chi connectivity index (χ3n) is 2.17. The second kappa shape index (κ2) is 4.03. The van der Waals surface area contributed by atoms with Crippen molar-refractivity contribution in [3.63, 3.8) is 0 Å². The maximum Gasteiger partial charge on any atom is 0.471 e. The van der Waals surface area contributed by atoms with E-state index in [0.717, 1.165) is 27.0 Å². The fraction of sp³-hybridized carbons (Fsp3) is 0.182. The van der Waals surface area contributed by atoms with Gasteiger partial charge in [0, 0.05) is 4.70 Å². The van der Waals surface area contributed by atoms with E-state index in [1.807, 2.05) is 30.4 Å². The zero-order valence-corrected chi connectivity index (χ0v) is 9.58. The van der Waals surface area contributed by atoms with Crippen LogP contribution in [0, 0.1) is 6.92 Å². The molecule has 0 bridgehead atoms. The Morgan fingerprint density at radius 2 is 2.00 bits per heavy atom. The molecule has 0 unspecified atom stereocenters. The molecule has 2 rings (SSSR count). The van der Waals surface area contributed by atoms with Crippen molar-refractivity contribution >= 4 is 32.3 Å². The van der Waals surface area contributed by atoms with Crippen molar-refractivity contribution in [2.75, 3.05) is 5.32 Å². The summed E-state index contributed by atoms with van der Waals surface area (Å²) in [5.74, 6) is -1.94. The molecule has 17 heavy (non-hydrogen) atoms. The van der Waals surface area contributed by atoms with Crippen molar-refractivity contribution in [2.45, 2.75) is 13.1 Å². The van der Waals surface area contributed by atoms with E-state index in [4.69, 9.17) is 0 Å². The second-order valence-corrected chi connectivity index (χ2v) is 4.69. The fourth-order valence-electron chi connectivity index (χ4n) is 1.38. The third kappa shape index (κ3) is 2.58. The molecule has 2 nitrogen and oxygen atoms in total. The van der Waals surface area contributed by atoms with Gasteiger partial charge in [0.2, 0.25) is 0 Å². The molecule has 0 fully saturated rings. The number of nitrogens with one attached hydrogen (secondary N) is 1. The molecule has 0 atom stereocenters. The number of carbonyl (C=O) groups excluding carboxylic acids is 1. The normalized spacial score (nSPS) is 11.8. The fourth-order valence-corrected chi connectivity index (χ4v) is 2.44. The summed E-state index contributed by atoms with van der Waals surface area (Å²) < 4.78 is 37.0. The van der Waals surface area contributed by atoms with Crippen molar-refractivity contribution in [1.29, 1.82) is 0 Å². The van der Waals surface area contributed by atoms with E-state index in [-0.39, 0.29) is 5.00 Å². The Morgan fingerprint density at radius 3 is 2.65 bits per heavy atom. The summed E-state index contributed by atoms with van der Waals surface area (Å²) in [5, 5.41) is 2.86. The van der Waals surface area contributed by atoms with Crippen LogP contribution in [0.1, 0.15) is 5.56 Å². The smallest absolute Gasteiger partial charge is 0.310 e. The molecule has 0 saturated carbocycles. The first-order valence-corrected chi connectivity index (χ1v) is 5.56. The molecule has 1 heterocycles. The van der Waals surface area contributed by atoms with Crippen LogP contribution in [0.25, 0.3) is 10.1 Å². The molecule has 0 aliphatic rings. The van der Waals surface area contributed by atoms with Crippen LogP contribution in [-0.2, 0) is 4.79 Å². The highest BCUT2D eigenvalue weighted by molar-refractivity contribution is 7.23. The zero-order chi connectivity index (χ0) is 12.6. The topological polar surface area (TPSA) is 29.1 Å². The summed E-state index contributed by atoms with van der Waals surface area (Å²) in [4.78, 5) is 10.7. The van der Waals surface area contributed by atoms with Gasteiger partial charge < -0.3 is 5.32 Å². The number of aryl methyl sites for hydroxylation is 1. The van der Waals surface area contributed by atoms with E-state index >= 15 is 0 Å². The summed E-state index contributed by atoms with van der Waals surface area (Å²) in [7, 11) is 0. The number of halogens is 3. The van der Waals surface area contributed by atoms with Gasteiger partial charge in [-0.05, 0) is 30.0 Å². The second-order valence-electron chi connectivity index (χ2n) is 3.60. The summed E-state index contributed by atoms with van der Waals surface area (Å²) in [6, 6.07) is 7.07. The van der Waals surface area contributed by atoms with Gasteiger partial charge in [0.05, 0.1) is 5.00 Å². The third-order valence-corrected chi connectivity index (χ3v) is 3.18. The van der Waals surface area contributed by atoms with Crippen LogP contribution in [-0.4, -0.2) is 12.1 Å². The minimum Gasteiger partial charge on any atom is -0.310 e. The molecule has 6 heteroatoms. The van der Waals surface area contributed by atoms with Gasteiger partial charge in [-0.3, -0.25) is 4.79 Å². The van der Waals surface area contributed by atoms with E-state index in [0.29, 0.717) is 0 Å². The number of hydrogen-bond donors (Lipinski definition) is 1. The van der Waals surface area contributed by atoms with E-state index in [9.17, 15) is 18.0 Å². The Labute approximate surface area is 99.1 Å². The molecule has 1 aromatic carbocycles. The van der Waals surface area contributed by atoms with E-state index < -0.39 is 12.1 Å². The Hall–Kier alpha value is -1.56. The van der Waals surface area contributed by atoms with Crippen molar-refractivity contribution in [1.82, 2.24) is 0 Å². The summed E-state index contributed by atoms with van der Waals surface area (Å²) in [6.07, 6.45) is -4.86. The van der Waals surface area contributed by atoms with Crippen LogP contribution in [0.2, 0.25) is 0 Å². The average molecular weight is 259 g/mol. The Morgan fingerprint density at radius 1 is 1.29 bits per heavy atom. The molecular weight excluding hydrogens is 251 g/mol. The highest BCUT2D eigenvalue weighted by Gasteiger charge is 2.38. The molecule has 0 saturated heterocycles. The number of amides is 1. The lowest BCUT2D eigenvalue weighted by molar-refractivity contribution is -0.167. The average Bonchev–Trinajstić information content (AvgIpc) is 2.57. The summed E-state index contributed by atoms with van der Waals surface area (Å²) in [6.45, 7) is 1.90. The maximum absolute atomic E-state index is 12.0. The minimum absolute atomic E-state index is 0.202. The maximum atomic E-state index is 12.0. The van der Waals surface area contributed by atoms with Gasteiger partial charge in [0.15, 0.2) is 0 Å². The molecular formula is C11H8F3NOS. The van der Waals surface area contributed by atoms with Crippen molar-refractivity contribution in [2.24, 2.45) is 0 Å². The van der Waals surface area contributed by atoms with Gasteiger partial charge in [-0.25, -0.2) is 0 Å². The monoisotopic (exact) mass is 259 g/mol. The molecule has 2 aromatic rings. The number of anilines is 1. The van der Waals surface area contributed by atoms with Crippen LogP contribution in [0.4, 0.5) is 18.2 Å². The minimum atomic E-state index is -4.86. The molecule has 1 aromatic heterocycles. The molecule has 0 aliphatic carbocycles. The number of benzene rings is 1. The highest BCUT2D eigenvalue weighted by Crippen LogP contribution is 2.31. The van der Waals surface area contributed by atoms with Crippen LogP contribution >= 0.6 is 11.3 Å². The Kier molecular flexibility index (Phi) is 2.82. The summed E-state index contributed by atoms with van der Waals surface area (Å²) in [5.41, 5.74) is 1.02. The lowest BCUT2D eigenvalue weighted by atomic mass is 10.2. The predicted octanol–water partition coefficient (Wildman–Crippen LogP) is 3.71. The van der Waals surface area contributed by atoms with Gasteiger partial charge in [-0.1, -0.05) is 12.1 Å². The van der Waals surface area contributed by atoms with Crippen LogP contribution in [0.15, 0.2) is 24.3 Å². The first-order chi connectivity index (χ1) is 7.86. The number of thiophene rings is 1. The van der Waals surface area contributed by atoms with Gasteiger partial charge in [0.1, 0.15) is 0 Å². The standard InChI is InChI=1S/C11H8F3NOS/c1-6-2-3-7-5-9(17-8(7)4-6)15-10(16)11(12,13)14/h2-5H,1H3,(H,15,16). The van der Waals surface area contributed by atoms with Gasteiger partial charge in [-0.15, -0.1) is 11.3 Å². The molecule has 0 spiro atoms. The van der Waals surface area contributed by atoms with Gasteiger partial charge >= 0.3 is 12.1 Å².